The molecule has 0 unspecified atom stereocenters. The van der Waals surface area contributed by atoms with Crippen molar-refractivity contribution in [2.45, 2.75) is 46.1 Å². The number of nitrogens with one attached hydrogen (secondary N) is 2. The molecule has 264 valence electrons. The maximum absolute atomic E-state index is 15.2. The summed E-state index contributed by atoms with van der Waals surface area (Å²) in [6.07, 6.45) is 0.858. The molecule has 2 N–H and O–H groups in total. The number of amides is 2. The SMILES string of the molecule is Cc1ccc(C(=O)Nc2ccc(F)cc2)cc1-c1nc(N2CCC(CNC(=O)OC(C)(C)C)CC2)nc2c1ccc(=O)n2-c1c(F)cccc1F. The number of carbonyl (C=O) groups is 2. The van der Waals surface area contributed by atoms with E-state index in [4.69, 9.17) is 14.7 Å². The van der Waals surface area contributed by atoms with Gasteiger partial charge in [0.25, 0.3) is 11.5 Å². The molecule has 1 saturated heterocycles. The number of anilines is 2. The van der Waals surface area contributed by atoms with E-state index in [9.17, 15) is 18.8 Å². The van der Waals surface area contributed by atoms with Gasteiger partial charge in [0, 0.05) is 47.9 Å². The number of nitrogens with zero attached hydrogens (tertiary/aromatic N) is 4. The van der Waals surface area contributed by atoms with E-state index in [0.717, 1.165) is 22.3 Å². The number of piperidine rings is 1. The lowest BCUT2D eigenvalue weighted by Gasteiger charge is -2.32. The summed E-state index contributed by atoms with van der Waals surface area (Å²) >= 11 is 0. The molecule has 1 aliphatic heterocycles. The molecule has 0 bridgehead atoms. The molecule has 2 amide bonds. The number of hydrogen-bond donors (Lipinski definition) is 2. The van der Waals surface area contributed by atoms with E-state index in [1.807, 2.05) is 11.8 Å². The summed E-state index contributed by atoms with van der Waals surface area (Å²) in [6.45, 7) is 8.63. The first-order valence-electron chi connectivity index (χ1n) is 16.6. The molecule has 51 heavy (non-hydrogen) atoms. The van der Waals surface area contributed by atoms with Gasteiger partial charge in [-0.1, -0.05) is 12.1 Å². The Bertz CT molecular complexity index is 2150. The number of hydrogen-bond acceptors (Lipinski definition) is 7. The van der Waals surface area contributed by atoms with E-state index in [0.29, 0.717) is 54.8 Å². The van der Waals surface area contributed by atoms with Crippen LogP contribution in [0, 0.1) is 30.3 Å². The van der Waals surface area contributed by atoms with Crippen LogP contribution in [0.25, 0.3) is 28.0 Å². The fourth-order valence-corrected chi connectivity index (χ4v) is 6.00. The highest BCUT2D eigenvalue weighted by atomic mass is 19.1. The zero-order valence-corrected chi connectivity index (χ0v) is 28.6. The highest BCUT2D eigenvalue weighted by Crippen LogP contribution is 2.33. The number of aromatic nitrogens is 3. The van der Waals surface area contributed by atoms with E-state index in [1.165, 1.54) is 42.5 Å². The Morgan fingerprint density at radius 1 is 0.922 bits per heavy atom. The molecule has 0 aliphatic carbocycles. The summed E-state index contributed by atoms with van der Waals surface area (Å²) in [5.41, 5.74) is 0.405. The summed E-state index contributed by atoms with van der Waals surface area (Å²) in [5.74, 6) is -2.40. The van der Waals surface area contributed by atoms with Crippen LogP contribution in [0.15, 0.2) is 77.6 Å². The van der Waals surface area contributed by atoms with Crippen molar-refractivity contribution >= 4 is 34.7 Å². The summed E-state index contributed by atoms with van der Waals surface area (Å²) in [7, 11) is 0. The van der Waals surface area contributed by atoms with Crippen molar-refractivity contribution in [3.05, 3.63) is 112 Å². The van der Waals surface area contributed by atoms with Gasteiger partial charge in [-0.05, 0) is 107 Å². The third kappa shape index (κ3) is 7.87. The van der Waals surface area contributed by atoms with Crippen molar-refractivity contribution in [3.63, 3.8) is 0 Å². The molecular weight excluding hydrogens is 661 g/mol. The molecule has 1 fully saturated rings. The van der Waals surface area contributed by atoms with E-state index in [1.54, 1.807) is 39.0 Å². The fourth-order valence-electron chi connectivity index (χ4n) is 6.00. The molecule has 0 radical (unpaired) electrons. The summed E-state index contributed by atoms with van der Waals surface area (Å²) in [5, 5.41) is 5.92. The number of ether oxygens (including phenoxy) is 1. The van der Waals surface area contributed by atoms with Gasteiger partial charge in [0.2, 0.25) is 5.95 Å². The number of para-hydroxylation sites is 1. The minimum atomic E-state index is -0.944. The van der Waals surface area contributed by atoms with Gasteiger partial charge in [-0.25, -0.2) is 22.9 Å². The highest BCUT2D eigenvalue weighted by Gasteiger charge is 2.26. The third-order valence-electron chi connectivity index (χ3n) is 8.59. The maximum Gasteiger partial charge on any atom is 0.407 e. The van der Waals surface area contributed by atoms with Crippen LogP contribution in [0.5, 0.6) is 0 Å². The van der Waals surface area contributed by atoms with Crippen LogP contribution in [-0.4, -0.2) is 51.8 Å². The molecule has 0 atom stereocenters. The molecule has 5 aromatic rings. The van der Waals surface area contributed by atoms with Crippen molar-refractivity contribution in [2.75, 3.05) is 29.9 Å². The molecule has 0 saturated carbocycles. The Morgan fingerprint density at radius 2 is 1.61 bits per heavy atom. The van der Waals surface area contributed by atoms with E-state index < -0.39 is 46.3 Å². The summed E-state index contributed by atoms with van der Waals surface area (Å²) < 4.78 is 50.2. The van der Waals surface area contributed by atoms with Crippen LogP contribution in [-0.2, 0) is 4.74 Å². The first kappa shape index (κ1) is 35.1. The summed E-state index contributed by atoms with van der Waals surface area (Å²) in [6, 6.07) is 16.5. The number of rotatable bonds is 7. The third-order valence-corrected chi connectivity index (χ3v) is 8.59. The molecule has 6 rings (SSSR count). The van der Waals surface area contributed by atoms with E-state index in [2.05, 4.69) is 10.6 Å². The quantitative estimate of drug-likeness (QED) is 0.185. The Balaban J connectivity index is 1.41. The topological polar surface area (TPSA) is 118 Å². The molecular formula is C38H37F3N6O4. The van der Waals surface area contributed by atoms with Crippen LogP contribution >= 0.6 is 0 Å². The van der Waals surface area contributed by atoms with Crippen molar-refractivity contribution < 1.29 is 27.5 Å². The smallest absolute Gasteiger partial charge is 0.407 e. The number of aryl methyl sites for hydroxylation is 1. The van der Waals surface area contributed by atoms with Crippen molar-refractivity contribution in [3.8, 4) is 16.9 Å². The highest BCUT2D eigenvalue weighted by molar-refractivity contribution is 6.05. The first-order chi connectivity index (χ1) is 24.3. The van der Waals surface area contributed by atoms with Crippen LogP contribution in [0.4, 0.5) is 29.6 Å². The first-order valence-corrected chi connectivity index (χ1v) is 16.6. The standard InChI is InChI=1S/C38H37F3N6O4/c1-22-8-9-24(35(49)43-26-12-10-25(39)11-13-26)20-28(22)32-27-14-15-31(48)47(33-29(40)6-5-7-30(33)41)34(27)45-36(44-32)46-18-16-23(17-19-46)21-42-37(50)51-38(2,3)4/h5-15,20,23H,16-19,21H2,1-4H3,(H,42,50)(H,43,49). The average molecular weight is 699 g/mol. The monoisotopic (exact) mass is 698 g/mol. The lowest BCUT2D eigenvalue weighted by molar-refractivity contribution is 0.0516. The maximum atomic E-state index is 15.2. The van der Waals surface area contributed by atoms with Gasteiger partial charge in [-0.2, -0.15) is 4.98 Å². The normalized spacial score (nSPS) is 13.7. The predicted octanol–water partition coefficient (Wildman–Crippen LogP) is 7.17. The molecule has 10 nitrogen and oxygen atoms in total. The fraction of sp³-hybridized carbons (Fsp3) is 0.289. The molecule has 3 heterocycles. The molecule has 3 aromatic carbocycles. The molecule has 13 heteroatoms. The Hall–Kier alpha value is -5.72. The predicted molar refractivity (Wildman–Crippen MR) is 189 cm³/mol. The summed E-state index contributed by atoms with van der Waals surface area (Å²) in [4.78, 5) is 50.5. The second-order valence-electron chi connectivity index (χ2n) is 13.5. The van der Waals surface area contributed by atoms with Gasteiger partial charge in [-0.15, -0.1) is 0 Å². The minimum Gasteiger partial charge on any atom is -0.444 e. The van der Waals surface area contributed by atoms with Crippen LogP contribution in [0.2, 0.25) is 0 Å². The van der Waals surface area contributed by atoms with Crippen LogP contribution in [0.1, 0.15) is 49.5 Å². The van der Waals surface area contributed by atoms with E-state index in [-0.39, 0.29) is 23.1 Å². The lowest BCUT2D eigenvalue weighted by atomic mass is 9.97. The van der Waals surface area contributed by atoms with E-state index >= 15 is 8.78 Å². The number of carbonyl (C=O) groups excluding carboxylic acids is 2. The van der Waals surface area contributed by atoms with Gasteiger partial charge in [0.05, 0.1) is 5.69 Å². The molecule has 0 spiro atoms. The second-order valence-corrected chi connectivity index (χ2v) is 13.5. The van der Waals surface area contributed by atoms with Gasteiger partial charge in [0.15, 0.2) is 5.65 Å². The van der Waals surface area contributed by atoms with Gasteiger partial charge < -0.3 is 20.3 Å². The van der Waals surface area contributed by atoms with Gasteiger partial charge >= 0.3 is 6.09 Å². The minimum absolute atomic E-state index is 0.0132. The van der Waals surface area contributed by atoms with Crippen LogP contribution in [0.3, 0.4) is 0 Å². The number of pyridine rings is 1. The number of alkyl carbamates (subject to hydrolysis) is 1. The number of benzene rings is 3. The molecule has 2 aromatic heterocycles. The lowest BCUT2D eigenvalue weighted by Crippen LogP contribution is -2.40. The largest absolute Gasteiger partial charge is 0.444 e. The van der Waals surface area contributed by atoms with Crippen molar-refractivity contribution in [2.24, 2.45) is 5.92 Å². The Kier molecular flexibility index (Phi) is 9.82. The average Bonchev–Trinajstić information content (AvgIpc) is 3.08. The van der Waals surface area contributed by atoms with Crippen molar-refractivity contribution in [1.82, 2.24) is 19.9 Å². The zero-order valence-electron chi connectivity index (χ0n) is 28.6. The van der Waals surface area contributed by atoms with Gasteiger partial charge in [-0.3, -0.25) is 14.2 Å². The Morgan fingerprint density at radius 3 is 2.27 bits per heavy atom. The van der Waals surface area contributed by atoms with Crippen molar-refractivity contribution in [1.29, 1.82) is 0 Å². The molecule has 1 aliphatic rings. The zero-order chi connectivity index (χ0) is 36.4. The number of fused-ring (bicyclic) bond motifs is 1. The number of halogens is 3. The second kappa shape index (κ2) is 14.3. The Labute approximate surface area is 292 Å². The van der Waals surface area contributed by atoms with Gasteiger partial charge in [0.1, 0.15) is 28.7 Å². The van der Waals surface area contributed by atoms with Crippen LogP contribution < -0.4 is 21.1 Å².